The third kappa shape index (κ3) is 3.56. The van der Waals surface area contributed by atoms with E-state index in [-0.39, 0.29) is 6.10 Å². The number of aliphatic hydroxyl groups is 1. The van der Waals surface area contributed by atoms with Crippen molar-refractivity contribution in [1.29, 1.82) is 0 Å². The van der Waals surface area contributed by atoms with Crippen LogP contribution in [0.2, 0.25) is 0 Å². The highest BCUT2D eigenvalue weighted by Gasteiger charge is 2.27. The molecule has 0 bridgehead atoms. The molecule has 0 radical (unpaired) electrons. The second kappa shape index (κ2) is 6.51. The molecule has 4 nitrogen and oxygen atoms in total. The van der Waals surface area contributed by atoms with Crippen molar-refractivity contribution in [1.82, 2.24) is 14.8 Å². The molecule has 1 heterocycles. The molecule has 1 aromatic rings. The van der Waals surface area contributed by atoms with Gasteiger partial charge in [0, 0.05) is 12.5 Å². The molecule has 3 unspecified atom stereocenters. The molecule has 1 N–H and O–H groups in total. The van der Waals surface area contributed by atoms with Gasteiger partial charge >= 0.3 is 0 Å². The largest absolute Gasteiger partial charge is 0.392 e. The summed E-state index contributed by atoms with van der Waals surface area (Å²) in [6.07, 6.45) is 8.14. The summed E-state index contributed by atoms with van der Waals surface area (Å²) in [5, 5.41) is 14.7. The van der Waals surface area contributed by atoms with Crippen LogP contribution in [0.5, 0.6) is 0 Å². The van der Waals surface area contributed by atoms with Crippen LogP contribution in [0.25, 0.3) is 0 Å². The summed E-state index contributed by atoms with van der Waals surface area (Å²) in [5.41, 5.74) is 0. The van der Waals surface area contributed by atoms with Crippen molar-refractivity contribution in [2.24, 2.45) is 11.8 Å². The van der Waals surface area contributed by atoms with E-state index in [0.717, 1.165) is 18.2 Å². The molecule has 1 aliphatic carbocycles. The van der Waals surface area contributed by atoms with Gasteiger partial charge in [-0.3, -0.25) is 0 Å². The SMILES string of the molecule is CCC1CCCC(C(O)Cc2ncnn2C(C)C)C1. The average Bonchev–Trinajstić information content (AvgIpc) is 2.87. The Labute approximate surface area is 116 Å². The molecule has 0 aliphatic heterocycles. The first-order valence-electron chi connectivity index (χ1n) is 7.68. The van der Waals surface area contributed by atoms with E-state index in [4.69, 9.17) is 0 Å². The maximum Gasteiger partial charge on any atom is 0.138 e. The molecule has 4 heteroatoms. The maximum atomic E-state index is 10.5. The van der Waals surface area contributed by atoms with Crippen LogP contribution in [0.15, 0.2) is 6.33 Å². The first-order valence-corrected chi connectivity index (χ1v) is 7.68. The number of rotatable bonds is 5. The van der Waals surface area contributed by atoms with E-state index in [1.54, 1.807) is 6.33 Å². The molecule has 0 saturated heterocycles. The van der Waals surface area contributed by atoms with Crippen molar-refractivity contribution in [3.63, 3.8) is 0 Å². The van der Waals surface area contributed by atoms with E-state index in [1.165, 1.54) is 25.7 Å². The Kier molecular flexibility index (Phi) is 4.97. The monoisotopic (exact) mass is 265 g/mol. The van der Waals surface area contributed by atoms with E-state index in [9.17, 15) is 5.11 Å². The Bertz CT molecular complexity index is 388. The second-order valence-electron chi connectivity index (χ2n) is 6.19. The molecular weight excluding hydrogens is 238 g/mol. The van der Waals surface area contributed by atoms with Gasteiger partial charge in [0.1, 0.15) is 12.2 Å². The minimum atomic E-state index is -0.268. The predicted octanol–water partition coefficient (Wildman–Crippen LogP) is 2.98. The first-order chi connectivity index (χ1) is 9.11. The van der Waals surface area contributed by atoms with Crippen molar-refractivity contribution in [2.45, 2.75) is 71.4 Å². The van der Waals surface area contributed by atoms with E-state index in [1.807, 2.05) is 4.68 Å². The van der Waals surface area contributed by atoms with Gasteiger partial charge in [-0.05, 0) is 38.5 Å². The highest BCUT2D eigenvalue weighted by Crippen LogP contribution is 2.33. The van der Waals surface area contributed by atoms with Crippen molar-refractivity contribution in [3.05, 3.63) is 12.2 Å². The van der Waals surface area contributed by atoms with Gasteiger partial charge in [-0.2, -0.15) is 5.10 Å². The van der Waals surface area contributed by atoms with Gasteiger partial charge in [0.15, 0.2) is 0 Å². The molecule has 3 atom stereocenters. The molecule has 1 fully saturated rings. The van der Waals surface area contributed by atoms with Gasteiger partial charge in [-0.1, -0.05) is 26.2 Å². The van der Waals surface area contributed by atoms with E-state index in [2.05, 4.69) is 30.9 Å². The van der Waals surface area contributed by atoms with Gasteiger partial charge in [-0.15, -0.1) is 0 Å². The van der Waals surface area contributed by atoms with Gasteiger partial charge in [-0.25, -0.2) is 9.67 Å². The van der Waals surface area contributed by atoms with Crippen molar-refractivity contribution < 1.29 is 5.11 Å². The van der Waals surface area contributed by atoms with Crippen molar-refractivity contribution in [3.8, 4) is 0 Å². The Morgan fingerprint density at radius 1 is 1.42 bits per heavy atom. The van der Waals surface area contributed by atoms with E-state index < -0.39 is 0 Å². The topological polar surface area (TPSA) is 50.9 Å². The van der Waals surface area contributed by atoms with Crippen LogP contribution in [-0.4, -0.2) is 26.0 Å². The average molecular weight is 265 g/mol. The predicted molar refractivity (Wildman–Crippen MR) is 75.9 cm³/mol. The minimum absolute atomic E-state index is 0.268. The lowest BCUT2D eigenvalue weighted by Gasteiger charge is -2.31. The third-order valence-corrected chi connectivity index (χ3v) is 4.47. The molecule has 19 heavy (non-hydrogen) atoms. The zero-order chi connectivity index (χ0) is 13.8. The first kappa shape index (κ1) is 14.5. The fraction of sp³-hybridized carbons (Fsp3) is 0.867. The number of hydrogen-bond acceptors (Lipinski definition) is 3. The Morgan fingerprint density at radius 3 is 2.89 bits per heavy atom. The van der Waals surface area contributed by atoms with Crippen LogP contribution in [0.1, 0.15) is 64.7 Å². The molecule has 108 valence electrons. The lowest BCUT2D eigenvalue weighted by atomic mass is 9.77. The quantitative estimate of drug-likeness (QED) is 0.890. The summed E-state index contributed by atoms with van der Waals surface area (Å²) < 4.78 is 1.92. The molecule has 1 aromatic heterocycles. The van der Waals surface area contributed by atoms with Gasteiger partial charge in [0.25, 0.3) is 0 Å². The van der Waals surface area contributed by atoms with Gasteiger partial charge in [0.2, 0.25) is 0 Å². The summed E-state index contributed by atoms with van der Waals surface area (Å²) >= 11 is 0. The molecular formula is C15H27N3O. The van der Waals surface area contributed by atoms with Crippen LogP contribution in [0.3, 0.4) is 0 Å². The normalized spacial score (nSPS) is 25.7. The number of nitrogens with zero attached hydrogens (tertiary/aromatic N) is 3. The van der Waals surface area contributed by atoms with Gasteiger partial charge in [0.05, 0.1) is 6.10 Å². The number of hydrogen-bond donors (Lipinski definition) is 1. The lowest BCUT2D eigenvalue weighted by molar-refractivity contribution is 0.0659. The lowest BCUT2D eigenvalue weighted by Crippen LogP contribution is -2.29. The summed E-state index contributed by atoms with van der Waals surface area (Å²) in [4.78, 5) is 4.30. The Balaban J connectivity index is 1.96. The molecule has 0 aromatic carbocycles. The third-order valence-electron chi connectivity index (χ3n) is 4.47. The number of aromatic nitrogens is 3. The summed E-state index contributed by atoms with van der Waals surface area (Å²) in [7, 11) is 0. The fourth-order valence-corrected chi connectivity index (χ4v) is 3.26. The Hall–Kier alpha value is -0.900. The maximum absolute atomic E-state index is 10.5. The highest BCUT2D eigenvalue weighted by molar-refractivity contribution is 4.92. The minimum Gasteiger partial charge on any atom is -0.392 e. The smallest absolute Gasteiger partial charge is 0.138 e. The summed E-state index contributed by atoms with van der Waals surface area (Å²) in [6.45, 7) is 6.45. The van der Waals surface area contributed by atoms with E-state index >= 15 is 0 Å². The highest BCUT2D eigenvalue weighted by atomic mass is 16.3. The standard InChI is InChI=1S/C15H27N3O/c1-4-12-6-5-7-13(8-12)14(19)9-15-16-10-17-18(15)11(2)3/h10-14,19H,4-9H2,1-3H3. The summed E-state index contributed by atoms with van der Waals surface area (Å²) in [5.74, 6) is 2.16. The molecule has 0 amide bonds. The second-order valence-corrected chi connectivity index (χ2v) is 6.19. The van der Waals surface area contributed by atoms with Crippen molar-refractivity contribution >= 4 is 0 Å². The van der Waals surface area contributed by atoms with Crippen LogP contribution >= 0.6 is 0 Å². The summed E-state index contributed by atoms with van der Waals surface area (Å²) in [6, 6.07) is 0.305. The van der Waals surface area contributed by atoms with E-state index in [0.29, 0.717) is 18.4 Å². The van der Waals surface area contributed by atoms with Crippen LogP contribution in [0, 0.1) is 11.8 Å². The Morgan fingerprint density at radius 2 is 2.21 bits per heavy atom. The number of aliphatic hydroxyl groups excluding tert-OH is 1. The zero-order valence-corrected chi connectivity index (χ0v) is 12.4. The molecule has 1 aliphatic rings. The fourth-order valence-electron chi connectivity index (χ4n) is 3.26. The van der Waals surface area contributed by atoms with Crippen LogP contribution in [0.4, 0.5) is 0 Å². The molecule has 2 rings (SSSR count). The molecule has 1 saturated carbocycles. The van der Waals surface area contributed by atoms with Crippen LogP contribution in [-0.2, 0) is 6.42 Å². The van der Waals surface area contributed by atoms with Crippen molar-refractivity contribution in [2.75, 3.05) is 0 Å². The zero-order valence-electron chi connectivity index (χ0n) is 12.4. The van der Waals surface area contributed by atoms with Gasteiger partial charge < -0.3 is 5.11 Å². The van der Waals surface area contributed by atoms with Crippen LogP contribution < -0.4 is 0 Å². The molecule has 0 spiro atoms.